The summed E-state index contributed by atoms with van der Waals surface area (Å²) in [5.74, 6) is -0.776. The van der Waals surface area contributed by atoms with Gasteiger partial charge in [0.25, 0.3) is 0 Å². The number of carboxylic acids is 1. The summed E-state index contributed by atoms with van der Waals surface area (Å²) in [7, 11) is 0. The van der Waals surface area contributed by atoms with Crippen LogP contribution in [-0.2, 0) is 11.3 Å². The lowest BCUT2D eigenvalue weighted by Crippen LogP contribution is -2.17. The van der Waals surface area contributed by atoms with Crippen LogP contribution in [0.5, 0.6) is 0 Å². The lowest BCUT2D eigenvalue weighted by Gasteiger charge is -1.98. The molecule has 0 amide bonds. The van der Waals surface area contributed by atoms with E-state index in [0.29, 0.717) is 13.1 Å². The number of aromatic nitrogens is 1. The van der Waals surface area contributed by atoms with Crippen LogP contribution in [-0.4, -0.2) is 22.6 Å². The van der Waals surface area contributed by atoms with Gasteiger partial charge in [-0.3, -0.25) is 4.79 Å². The van der Waals surface area contributed by atoms with Gasteiger partial charge in [0.05, 0.1) is 17.1 Å². The van der Waals surface area contributed by atoms with E-state index in [-0.39, 0.29) is 6.42 Å². The topological polar surface area (TPSA) is 62.2 Å². The smallest absolute Gasteiger partial charge is 0.304 e. The molecular formula is C8H12N2O2S. The van der Waals surface area contributed by atoms with Gasteiger partial charge in [-0.2, -0.15) is 0 Å². The molecule has 0 bridgehead atoms. The number of nitrogens with one attached hydrogen (secondary N) is 1. The number of hydrogen-bond acceptors (Lipinski definition) is 4. The first kappa shape index (κ1) is 10.1. The summed E-state index contributed by atoms with van der Waals surface area (Å²) >= 11 is 1.60. The molecule has 0 fully saturated rings. The van der Waals surface area contributed by atoms with Crippen LogP contribution < -0.4 is 5.32 Å². The Morgan fingerprint density at radius 1 is 1.77 bits per heavy atom. The molecule has 0 aliphatic carbocycles. The van der Waals surface area contributed by atoms with E-state index in [1.807, 2.05) is 12.3 Å². The van der Waals surface area contributed by atoms with Gasteiger partial charge in [-0.1, -0.05) is 0 Å². The molecule has 0 spiro atoms. The summed E-state index contributed by atoms with van der Waals surface area (Å²) in [6.45, 7) is 3.09. The maximum absolute atomic E-state index is 10.2. The molecule has 0 aromatic carbocycles. The van der Waals surface area contributed by atoms with Crippen molar-refractivity contribution < 1.29 is 9.90 Å². The van der Waals surface area contributed by atoms with E-state index >= 15 is 0 Å². The van der Waals surface area contributed by atoms with Gasteiger partial charge >= 0.3 is 5.97 Å². The first-order chi connectivity index (χ1) is 6.18. The first-order valence-electron chi connectivity index (χ1n) is 4.02. The zero-order chi connectivity index (χ0) is 9.68. The Morgan fingerprint density at radius 2 is 2.54 bits per heavy atom. The van der Waals surface area contributed by atoms with E-state index in [0.717, 1.165) is 10.7 Å². The predicted octanol–water partition coefficient (Wildman–Crippen LogP) is 1.02. The molecule has 0 unspecified atom stereocenters. The molecule has 2 N–H and O–H groups in total. The van der Waals surface area contributed by atoms with Gasteiger partial charge in [-0.25, -0.2) is 4.98 Å². The van der Waals surface area contributed by atoms with Gasteiger partial charge in [-0.15, -0.1) is 11.3 Å². The molecule has 0 aliphatic heterocycles. The summed E-state index contributed by atoms with van der Waals surface area (Å²) in [6, 6.07) is 0. The second-order valence-electron chi connectivity index (χ2n) is 2.68. The summed E-state index contributed by atoms with van der Waals surface area (Å²) in [5, 5.41) is 14.4. The van der Waals surface area contributed by atoms with Crippen molar-refractivity contribution in [1.29, 1.82) is 0 Å². The molecule has 1 rings (SSSR count). The highest BCUT2D eigenvalue weighted by atomic mass is 32.1. The number of aliphatic carboxylic acids is 1. The number of carbonyl (C=O) groups is 1. The Bertz CT molecular complexity index is 285. The normalized spacial score (nSPS) is 10.2. The van der Waals surface area contributed by atoms with Crippen LogP contribution in [0.25, 0.3) is 0 Å². The average Bonchev–Trinajstić information content (AvgIpc) is 2.45. The molecule has 0 radical (unpaired) electrons. The van der Waals surface area contributed by atoms with Gasteiger partial charge in [-0.05, 0) is 6.92 Å². The summed E-state index contributed by atoms with van der Waals surface area (Å²) in [4.78, 5) is 14.4. The van der Waals surface area contributed by atoms with E-state index in [4.69, 9.17) is 5.11 Å². The van der Waals surface area contributed by atoms with Gasteiger partial charge in [0, 0.05) is 18.5 Å². The van der Waals surface area contributed by atoms with Crippen LogP contribution in [0.15, 0.2) is 5.38 Å². The van der Waals surface area contributed by atoms with Gasteiger partial charge < -0.3 is 10.4 Å². The molecule has 0 saturated carbocycles. The lowest BCUT2D eigenvalue weighted by molar-refractivity contribution is -0.136. The fourth-order valence-corrected chi connectivity index (χ4v) is 1.51. The fraction of sp³-hybridized carbons (Fsp3) is 0.500. The third-order valence-corrected chi connectivity index (χ3v) is 2.31. The molecule has 0 saturated heterocycles. The molecule has 0 atom stereocenters. The molecule has 72 valence electrons. The summed E-state index contributed by atoms with van der Waals surface area (Å²) in [5.41, 5.74) is 0.980. The number of aryl methyl sites for hydroxylation is 1. The second kappa shape index (κ2) is 4.94. The van der Waals surface area contributed by atoms with Crippen LogP contribution >= 0.6 is 11.3 Å². The zero-order valence-corrected chi connectivity index (χ0v) is 8.23. The van der Waals surface area contributed by atoms with Gasteiger partial charge in [0.1, 0.15) is 0 Å². The van der Waals surface area contributed by atoms with Gasteiger partial charge in [0.15, 0.2) is 0 Å². The van der Waals surface area contributed by atoms with Crippen molar-refractivity contribution in [1.82, 2.24) is 10.3 Å². The van der Waals surface area contributed by atoms with E-state index in [1.54, 1.807) is 11.3 Å². The molecule has 4 nitrogen and oxygen atoms in total. The van der Waals surface area contributed by atoms with Crippen LogP contribution in [0.3, 0.4) is 0 Å². The van der Waals surface area contributed by atoms with E-state index in [1.165, 1.54) is 0 Å². The van der Waals surface area contributed by atoms with Crippen molar-refractivity contribution >= 4 is 17.3 Å². The Labute approximate surface area is 80.6 Å². The van der Waals surface area contributed by atoms with Crippen molar-refractivity contribution in [2.75, 3.05) is 6.54 Å². The monoisotopic (exact) mass is 200 g/mol. The zero-order valence-electron chi connectivity index (χ0n) is 7.41. The molecule has 1 aromatic rings. The quantitative estimate of drug-likeness (QED) is 0.696. The van der Waals surface area contributed by atoms with Crippen molar-refractivity contribution in [2.24, 2.45) is 0 Å². The minimum atomic E-state index is -0.776. The minimum Gasteiger partial charge on any atom is -0.481 e. The molecule has 13 heavy (non-hydrogen) atoms. The maximum Gasteiger partial charge on any atom is 0.304 e. The number of rotatable bonds is 5. The SMILES string of the molecule is Cc1nc(CNCCC(=O)O)cs1. The second-order valence-corrected chi connectivity index (χ2v) is 3.74. The van der Waals surface area contributed by atoms with Crippen LogP contribution in [0, 0.1) is 6.92 Å². The van der Waals surface area contributed by atoms with E-state index in [9.17, 15) is 4.79 Å². The number of nitrogens with zero attached hydrogens (tertiary/aromatic N) is 1. The van der Waals surface area contributed by atoms with Crippen LogP contribution in [0.1, 0.15) is 17.1 Å². The van der Waals surface area contributed by atoms with Crippen molar-refractivity contribution in [2.45, 2.75) is 19.9 Å². The van der Waals surface area contributed by atoms with Crippen molar-refractivity contribution in [3.05, 3.63) is 16.1 Å². The summed E-state index contributed by atoms with van der Waals surface area (Å²) in [6.07, 6.45) is 0.156. The number of carboxylic acid groups (broad SMARTS) is 1. The van der Waals surface area contributed by atoms with Crippen LogP contribution in [0.2, 0.25) is 0 Å². The average molecular weight is 200 g/mol. The van der Waals surface area contributed by atoms with Gasteiger partial charge in [0.2, 0.25) is 0 Å². The van der Waals surface area contributed by atoms with Crippen LogP contribution in [0.4, 0.5) is 0 Å². The number of thiazole rings is 1. The largest absolute Gasteiger partial charge is 0.481 e. The van der Waals surface area contributed by atoms with Crippen molar-refractivity contribution in [3.63, 3.8) is 0 Å². The molecule has 5 heteroatoms. The molecule has 0 aliphatic rings. The fourth-order valence-electron chi connectivity index (χ4n) is 0.901. The maximum atomic E-state index is 10.2. The molecular weight excluding hydrogens is 188 g/mol. The number of hydrogen-bond donors (Lipinski definition) is 2. The minimum absolute atomic E-state index is 0.156. The molecule has 1 aromatic heterocycles. The Kier molecular flexibility index (Phi) is 3.85. The first-order valence-corrected chi connectivity index (χ1v) is 4.90. The Morgan fingerprint density at radius 3 is 3.08 bits per heavy atom. The third-order valence-electron chi connectivity index (χ3n) is 1.49. The Balaban J connectivity index is 2.16. The standard InChI is InChI=1S/C8H12N2O2S/c1-6-10-7(5-13-6)4-9-3-2-8(11)12/h5,9H,2-4H2,1H3,(H,11,12). The van der Waals surface area contributed by atoms with E-state index in [2.05, 4.69) is 10.3 Å². The predicted molar refractivity (Wildman–Crippen MR) is 50.8 cm³/mol. The Hall–Kier alpha value is -0.940. The highest BCUT2D eigenvalue weighted by Crippen LogP contribution is 2.06. The molecule has 1 heterocycles. The van der Waals surface area contributed by atoms with Crippen molar-refractivity contribution in [3.8, 4) is 0 Å². The summed E-state index contributed by atoms with van der Waals surface area (Å²) < 4.78 is 0. The highest BCUT2D eigenvalue weighted by Gasteiger charge is 1.98. The van der Waals surface area contributed by atoms with E-state index < -0.39 is 5.97 Å². The lowest BCUT2D eigenvalue weighted by atomic mass is 10.4. The highest BCUT2D eigenvalue weighted by molar-refractivity contribution is 7.09. The third kappa shape index (κ3) is 4.00.